The van der Waals surface area contributed by atoms with Crippen molar-refractivity contribution in [2.24, 2.45) is 0 Å². The number of nitro groups is 1. The summed E-state index contributed by atoms with van der Waals surface area (Å²) in [6.07, 6.45) is 3.34. The van der Waals surface area contributed by atoms with E-state index < -0.39 is 17.5 Å². The van der Waals surface area contributed by atoms with Gasteiger partial charge in [-0.1, -0.05) is 13.3 Å². The fourth-order valence-corrected chi connectivity index (χ4v) is 3.27. The Balaban J connectivity index is 1.58. The highest BCUT2D eigenvalue weighted by atomic mass is 16.6. The molecule has 0 aromatic heterocycles. The summed E-state index contributed by atoms with van der Waals surface area (Å²) in [5.74, 6) is -0.280. The number of carbonyl (C=O) groups excluding carboxylic acids is 2. The molecule has 0 aliphatic carbocycles. The minimum absolute atomic E-state index is 0.00315. The molecule has 2 aromatic carbocycles. The summed E-state index contributed by atoms with van der Waals surface area (Å²) in [6, 6.07) is 11.0. The Morgan fingerprint density at radius 2 is 1.93 bits per heavy atom. The Kier molecular flexibility index (Phi) is 7.00. The van der Waals surface area contributed by atoms with Gasteiger partial charge in [-0.15, -0.1) is 0 Å². The van der Waals surface area contributed by atoms with E-state index in [-0.39, 0.29) is 11.6 Å². The number of benzene rings is 2. The van der Waals surface area contributed by atoms with Crippen molar-refractivity contribution >= 4 is 23.3 Å². The number of hydrogen-bond acceptors (Lipinski definition) is 6. The number of aryl methyl sites for hydroxylation is 1. The van der Waals surface area contributed by atoms with Crippen LogP contribution in [0.1, 0.15) is 42.1 Å². The number of anilines is 1. The predicted molar refractivity (Wildman–Crippen MR) is 111 cm³/mol. The van der Waals surface area contributed by atoms with Crippen molar-refractivity contribution < 1.29 is 24.0 Å². The molecule has 0 N–H and O–H groups in total. The maximum atomic E-state index is 12.6. The molecule has 0 spiro atoms. The summed E-state index contributed by atoms with van der Waals surface area (Å²) in [4.78, 5) is 36.9. The highest BCUT2D eigenvalue weighted by molar-refractivity contribution is 5.98. The maximum Gasteiger partial charge on any atom is 0.338 e. The van der Waals surface area contributed by atoms with Gasteiger partial charge in [-0.3, -0.25) is 14.9 Å². The van der Waals surface area contributed by atoms with Gasteiger partial charge in [-0.2, -0.15) is 0 Å². The summed E-state index contributed by atoms with van der Waals surface area (Å²) >= 11 is 0. The first kappa shape index (κ1) is 21.3. The molecule has 1 amide bonds. The van der Waals surface area contributed by atoms with Gasteiger partial charge in [-0.25, -0.2) is 4.79 Å². The number of carbonyl (C=O) groups is 2. The second-order valence-electron chi connectivity index (χ2n) is 7.02. The van der Waals surface area contributed by atoms with Gasteiger partial charge in [-0.05, 0) is 55.2 Å². The van der Waals surface area contributed by atoms with E-state index in [1.807, 2.05) is 0 Å². The molecule has 1 aliphatic rings. The summed E-state index contributed by atoms with van der Waals surface area (Å²) in [5, 5.41) is 11.0. The first-order valence-corrected chi connectivity index (χ1v) is 9.97. The molecule has 1 aliphatic heterocycles. The summed E-state index contributed by atoms with van der Waals surface area (Å²) in [7, 11) is 0. The number of ether oxygens (including phenoxy) is 2. The number of unbranched alkanes of at least 4 members (excludes halogenated alkanes) is 1. The molecule has 8 heteroatoms. The molecule has 8 nitrogen and oxygen atoms in total. The second kappa shape index (κ2) is 9.87. The van der Waals surface area contributed by atoms with Crippen molar-refractivity contribution in [2.45, 2.75) is 32.6 Å². The van der Waals surface area contributed by atoms with E-state index in [0.29, 0.717) is 43.0 Å². The molecule has 0 saturated heterocycles. The van der Waals surface area contributed by atoms with Gasteiger partial charge in [0.1, 0.15) is 5.75 Å². The van der Waals surface area contributed by atoms with E-state index >= 15 is 0 Å². The molecule has 0 radical (unpaired) electrons. The van der Waals surface area contributed by atoms with Gasteiger partial charge in [0, 0.05) is 24.4 Å². The molecule has 30 heavy (non-hydrogen) atoms. The van der Waals surface area contributed by atoms with Crippen LogP contribution >= 0.6 is 0 Å². The molecule has 0 saturated carbocycles. The fraction of sp³-hybridized carbons (Fsp3) is 0.364. The van der Waals surface area contributed by atoms with Gasteiger partial charge < -0.3 is 14.4 Å². The SMILES string of the molecule is CCCCOc1ccc(C(=O)OCC(=O)N2CCCc3cc([N+](=O)[O-])ccc32)cc1. The first-order valence-electron chi connectivity index (χ1n) is 9.97. The fourth-order valence-electron chi connectivity index (χ4n) is 3.27. The Morgan fingerprint density at radius 1 is 1.17 bits per heavy atom. The van der Waals surface area contributed by atoms with Gasteiger partial charge >= 0.3 is 5.97 Å². The van der Waals surface area contributed by atoms with Crippen LogP contribution in [0.15, 0.2) is 42.5 Å². The van der Waals surface area contributed by atoms with E-state index in [4.69, 9.17) is 9.47 Å². The van der Waals surface area contributed by atoms with Crippen LogP contribution in [0.5, 0.6) is 5.75 Å². The van der Waals surface area contributed by atoms with Crippen molar-refractivity contribution in [3.05, 3.63) is 63.7 Å². The Labute approximate surface area is 174 Å². The molecule has 3 rings (SSSR count). The molecule has 0 bridgehead atoms. The normalized spacial score (nSPS) is 12.8. The Bertz CT molecular complexity index is 926. The molecule has 0 unspecified atom stereocenters. The minimum atomic E-state index is -0.593. The molecular formula is C22H24N2O6. The zero-order chi connectivity index (χ0) is 21.5. The van der Waals surface area contributed by atoms with E-state index in [1.54, 1.807) is 30.3 Å². The second-order valence-corrected chi connectivity index (χ2v) is 7.02. The van der Waals surface area contributed by atoms with Crippen molar-refractivity contribution in [2.75, 3.05) is 24.7 Å². The van der Waals surface area contributed by atoms with E-state index in [0.717, 1.165) is 18.4 Å². The smallest absolute Gasteiger partial charge is 0.338 e. The minimum Gasteiger partial charge on any atom is -0.494 e. The number of fused-ring (bicyclic) bond motifs is 1. The molecule has 1 heterocycles. The molecular weight excluding hydrogens is 388 g/mol. The molecule has 0 atom stereocenters. The van der Waals surface area contributed by atoms with Crippen molar-refractivity contribution in [3.63, 3.8) is 0 Å². The third-order valence-corrected chi connectivity index (χ3v) is 4.88. The third-order valence-electron chi connectivity index (χ3n) is 4.88. The van der Waals surface area contributed by atoms with Crippen LogP contribution in [-0.4, -0.2) is 36.6 Å². The molecule has 2 aromatic rings. The zero-order valence-corrected chi connectivity index (χ0v) is 16.8. The topological polar surface area (TPSA) is 99.0 Å². The van der Waals surface area contributed by atoms with Gasteiger partial charge in [0.25, 0.3) is 11.6 Å². The van der Waals surface area contributed by atoms with Gasteiger partial charge in [0.05, 0.1) is 17.1 Å². The monoisotopic (exact) mass is 412 g/mol. The number of rotatable bonds is 8. The quantitative estimate of drug-likeness (QED) is 0.282. The van der Waals surface area contributed by atoms with Crippen LogP contribution < -0.4 is 9.64 Å². The van der Waals surface area contributed by atoms with Crippen LogP contribution in [0, 0.1) is 10.1 Å². The maximum absolute atomic E-state index is 12.6. The van der Waals surface area contributed by atoms with E-state index in [9.17, 15) is 19.7 Å². The van der Waals surface area contributed by atoms with Crippen molar-refractivity contribution in [1.82, 2.24) is 0 Å². The highest BCUT2D eigenvalue weighted by Crippen LogP contribution is 2.30. The average Bonchev–Trinajstić information content (AvgIpc) is 2.77. The largest absolute Gasteiger partial charge is 0.494 e. The number of nitrogens with zero attached hydrogens (tertiary/aromatic N) is 2. The average molecular weight is 412 g/mol. The van der Waals surface area contributed by atoms with E-state index in [2.05, 4.69) is 6.92 Å². The number of esters is 1. The highest BCUT2D eigenvalue weighted by Gasteiger charge is 2.25. The first-order chi connectivity index (χ1) is 14.5. The van der Waals surface area contributed by atoms with Crippen LogP contribution in [0.2, 0.25) is 0 Å². The third kappa shape index (κ3) is 5.14. The van der Waals surface area contributed by atoms with Crippen LogP contribution in [0.25, 0.3) is 0 Å². The number of amides is 1. The molecule has 158 valence electrons. The lowest BCUT2D eigenvalue weighted by Gasteiger charge is -2.29. The Hall–Kier alpha value is -3.42. The summed E-state index contributed by atoms with van der Waals surface area (Å²) in [6.45, 7) is 2.78. The number of nitro benzene ring substituents is 1. The van der Waals surface area contributed by atoms with Gasteiger partial charge in [0.2, 0.25) is 0 Å². The lowest BCUT2D eigenvalue weighted by Crippen LogP contribution is -2.38. The zero-order valence-electron chi connectivity index (χ0n) is 16.8. The number of hydrogen-bond donors (Lipinski definition) is 0. The predicted octanol–water partition coefficient (Wildman–Crippen LogP) is 3.91. The summed E-state index contributed by atoms with van der Waals surface area (Å²) < 4.78 is 10.7. The summed E-state index contributed by atoms with van der Waals surface area (Å²) in [5.41, 5.74) is 1.70. The standard InChI is InChI=1S/C22H24N2O6/c1-2-3-13-29-19-9-6-16(7-10-19)22(26)30-15-21(25)23-12-4-5-17-14-18(24(27)28)8-11-20(17)23/h6-11,14H,2-5,12-13,15H2,1H3. The Morgan fingerprint density at radius 3 is 2.63 bits per heavy atom. The van der Waals surface area contributed by atoms with Crippen LogP contribution in [0.4, 0.5) is 11.4 Å². The van der Waals surface area contributed by atoms with Crippen molar-refractivity contribution in [1.29, 1.82) is 0 Å². The van der Waals surface area contributed by atoms with Crippen LogP contribution in [-0.2, 0) is 16.0 Å². The van der Waals surface area contributed by atoms with Crippen molar-refractivity contribution in [3.8, 4) is 5.75 Å². The number of non-ortho nitro benzene ring substituents is 1. The molecule has 0 fully saturated rings. The lowest BCUT2D eigenvalue weighted by molar-refractivity contribution is -0.384. The van der Waals surface area contributed by atoms with E-state index in [1.165, 1.54) is 17.0 Å². The van der Waals surface area contributed by atoms with Gasteiger partial charge in [0.15, 0.2) is 6.61 Å². The lowest BCUT2D eigenvalue weighted by atomic mass is 10.0. The van der Waals surface area contributed by atoms with Crippen LogP contribution in [0.3, 0.4) is 0 Å².